The number of rotatable bonds is 8. The van der Waals surface area contributed by atoms with Gasteiger partial charge in [-0.3, -0.25) is 4.79 Å². The number of carbonyl (C=O) groups excluding carboxylic acids is 1. The number of benzene rings is 2. The molecule has 0 saturated carbocycles. The molecule has 1 heterocycles. The second-order valence-corrected chi connectivity index (χ2v) is 9.34. The lowest BCUT2D eigenvalue weighted by atomic mass is 10.1. The highest BCUT2D eigenvalue weighted by atomic mass is 35.5. The second kappa shape index (κ2) is 10.2. The van der Waals surface area contributed by atoms with Crippen molar-refractivity contribution in [2.75, 3.05) is 26.3 Å². The topological polar surface area (TPSA) is 75.7 Å². The van der Waals surface area contributed by atoms with Crippen LogP contribution in [0, 0.1) is 0 Å². The average molecular weight is 437 g/mol. The largest absolute Gasteiger partial charge is 0.379 e. The quantitative estimate of drug-likeness (QED) is 0.690. The van der Waals surface area contributed by atoms with Gasteiger partial charge in [-0.05, 0) is 35.2 Å². The molecule has 0 aliphatic carbocycles. The van der Waals surface area contributed by atoms with E-state index in [4.69, 9.17) is 16.3 Å². The third-order valence-corrected chi connectivity index (χ3v) is 6.93. The van der Waals surface area contributed by atoms with Gasteiger partial charge in [0.25, 0.3) is 0 Å². The van der Waals surface area contributed by atoms with Crippen LogP contribution in [0.5, 0.6) is 0 Å². The van der Waals surface area contributed by atoms with E-state index in [1.54, 1.807) is 18.2 Å². The van der Waals surface area contributed by atoms with Crippen molar-refractivity contribution >= 4 is 27.5 Å². The van der Waals surface area contributed by atoms with E-state index in [0.717, 1.165) is 11.1 Å². The van der Waals surface area contributed by atoms with E-state index < -0.39 is 10.0 Å². The number of amides is 1. The number of nitrogens with zero attached hydrogens (tertiary/aromatic N) is 1. The van der Waals surface area contributed by atoms with Gasteiger partial charge in [0, 0.05) is 31.1 Å². The van der Waals surface area contributed by atoms with E-state index >= 15 is 0 Å². The summed E-state index contributed by atoms with van der Waals surface area (Å²) in [5.74, 6) is -0.158. The van der Waals surface area contributed by atoms with Crippen molar-refractivity contribution in [3.63, 3.8) is 0 Å². The molecule has 0 radical (unpaired) electrons. The highest BCUT2D eigenvalue weighted by molar-refractivity contribution is 7.88. The summed E-state index contributed by atoms with van der Waals surface area (Å²) in [5.41, 5.74) is 2.56. The molecule has 0 unspecified atom stereocenters. The smallest absolute Gasteiger partial charge is 0.220 e. The number of nitrogens with one attached hydrogen (secondary N) is 1. The molecule has 0 spiro atoms. The van der Waals surface area contributed by atoms with Crippen LogP contribution in [0.25, 0.3) is 0 Å². The molecule has 2 aromatic carbocycles. The van der Waals surface area contributed by atoms with Gasteiger partial charge < -0.3 is 10.1 Å². The van der Waals surface area contributed by atoms with Gasteiger partial charge in [0.1, 0.15) is 0 Å². The first kappa shape index (κ1) is 21.8. The van der Waals surface area contributed by atoms with Gasteiger partial charge in [-0.1, -0.05) is 48.0 Å². The van der Waals surface area contributed by atoms with Gasteiger partial charge >= 0.3 is 0 Å². The molecule has 1 amide bonds. The van der Waals surface area contributed by atoms with Crippen molar-refractivity contribution in [1.82, 2.24) is 9.62 Å². The number of halogens is 1. The zero-order valence-corrected chi connectivity index (χ0v) is 17.7. The highest BCUT2D eigenvalue weighted by Gasteiger charge is 2.25. The van der Waals surface area contributed by atoms with Crippen LogP contribution in [-0.2, 0) is 38.3 Å². The van der Waals surface area contributed by atoms with E-state index in [9.17, 15) is 13.2 Å². The summed E-state index contributed by atoms with van der Waals surface area (Å²) in [6.45, 7) is 1.90. The Balaban J connectivity index is 1.55. The summed E-state index contributed by atoms with van der Waals surface area (Å²) in [4.78, 5) is 12.2. The predicted octanol–water partition coefficient (Wildman–Crippen LogP) is 2.75. The summed E-state index contributed by atoms with van der Waals surface area (Å²) < 4.78 is 32.1. The minimum atomic E-state index is -3.42. The second-order valence-electron chi connectivity index (χ2n) is 6.94. The van der Waals surface area contributed by atoms with E-state index in [-0.39, 0.29) is 11.7 Å². The molecule has 3 rings (SSSR count). The van der Waals surface area contributed by atoms with E-state index in [1.165, 1.54) is 4.31 Å². The molecule has 29 heavy (non-hydrogen) atoms. The summed E-state index contributed by atoms with van der Waals surface area (Å²) in [7, 11) is -3.42. The van der Waals surface area contributed by atoms with Gasteiger partial charge in [0.15, 0.2) is 0 Å². The lowest BCUT2D eigenvalue weighted by Crippen LogP contribution is -2.41. The van der Waals surface area contributed by atoms with Crippen LogP contribution in [0.1, 0.15) is 23.1 Å². The number of hydrogen-bond acceptors (Lipinski definition) is 4. The van der Waals surface area contributed by atoms with E-state index in [2.05, 4.69) is 5.32 Å². The summed E-state index contributed by atoms with van der Waals surface area (Å²) >= 11 is 5.87. The van der Waals surface area contributed by atoms with E-state index in [0.29, 0.717) is 56.3 Å². The van der Waals surface area contributed by atoms with Crippen LogP contribution in [0.3, 0.4) is 0 Å². The predicted molar refractivity (Wildman–Crippen MR) is 113 cm³/mol. The molecule has 8 heteroatoms. The summed E-state index contributed by atoms with van der Waals surface area (Å²) in [6, 6.07) is 14.7. The minimum absolute atomic E-state index is 0.0780. The molecule has 0 aromatic heterocycles. The third kappa shape index (κ3) is 6.54. The Morgan fingerprint density at radius 3 is 2.38 bits per heavy atom. The fraction of sp³-hybridized carbons (Fsp3) is 0.381. The molecule has 1 N–H and O–H groups in total. The van der Waals surface area contributed by atoms with Crippen molar-refractivity contribution in [3.05, 3.63) is 70.2 Å². The number of morpholine rings is 1. The average Bonchev–Trinajstić information content (AvgIpc) is 2.73. The van der Waals surface area contributed by atoms with Gasteiger partial charge in [-0.25, -0.2) is 8.42 Å². The maximum Gasteiger partial charge on any atom is 0.220 e. The Bertz CT molecular complexity index is 926. The highest BCUT2D eigenvalue weighted by Crippen LogP contribution is 2.17. The molecule has 0 atom stereocenters. The van der Waals surface area contributed by atoms with Crippen LogP contribution in [0.4, 0.5) is 0 Å². The lowest BCUT2D eigenvalue weighted by molar-refractivity contribution is -0.121. The maximum atomic E-state index is 12.7. The van der Waals surface area contributed by atoms with Gasteiger partial charge in [0.2, 0.25) is 15.9 Å². The first-order valence-electron chi connectivity index (χ1n) is 9.57. The molecular formula is C21H25ClN2O4S. The van der Waals surface area contributed by atoms with Crippen molar-refractivity contribution < 1.29 is 17.9 Å². The lowest BCUT2D eigenvalue weighted by Gasteiger charge is -2.26. The van der Waals surface area contributed by atoms with Crippen LogP contribution in [0.15, 0.2) is 48.5 Å². The standard InChI is InChI=1S/C21H25ClN2O4S/c22-20-8-5-17(6-9-20)7-10-21(25)23-15-18-3-1-2-4-19(18)16-29(26,27)24-11-13-28-14-12-24/h1-6,8-9H,7,10-16H2,(H,23,25). The number of hydrogen-bond donors (Lipinski definition) is 1. The number of ether oxygens (including phenoxy) is 1. The minimum Gasteiger partial charge on any atom is -0.379 e. The van der Waals surface area contributed by atoms with Crippen LogP contribution in [0.2, 0.25) is 5.02 Å². The normalized spacial score (nSPS) is 15.2. The third-order valence-electron chi connectivity index (χ3n) is 4.85. The molecule has 1 aliphatic heterocycles. The maximum absolute atomic E-state index is 12.7. The van der Waals surface area contributed by atoms with Crippen LogP contribution in [-0.4, -0.2) is 44.9 Å². The molecule has 1 aliphatic rings. The fourth-order valence-electron chi connectivity index (χ4n) is 3.17. The zero-order valence-electron chi connectivity index (χ0n) is 16.1. The van der Waals surface area contributed by atoms with Crippen molar-refractivity contribution in [3.8, 4) is 0 Å². The monoisotopic (exact) mass is 436 g/mol. The molecule has 1 saturated heterocycles. The Morgan fingerprint density at radius 2 is 1.69 bits per heavy atom. The van der Waals surface area contributed by atoms with E-state index in [1.807, 2.05) is 30.3 Å². The number of carbonyl (C=O) groups is 1. The molecule has 0 bridgehead atoms. The molecular weight excluding hydrogens is 412 g/mol. The number of sulfonamides is 1. The van der Waals surface area contributed by atoms with Crippen molar-refractivity contribution in [2.24, 2.45) is 0 Å². The summed E-state index contributed by atoms with van der Waals surface area (Å²) in [6.07, 6.45) is 0.978. The fourth-order valence-corrected chi connectivity index (χ4v) is 4.86. The van der Waals surface area contributed by atoms with Crippen LogP contribution < -0.4 is 5.32 Å². The van der Waals surface area contributed by atoms with Crippen LogP contribution >= 0.6 is 11.6 Å². The Hall–Kier alpha value is -1.93. The first-order chi connectivity index (χ1) is 13.9. The first-order valence-corrected chi connectivity index (χ1v) is 11.6. The Morgan fingerprint density at radius 1 is 1.03 bits per heavy atom. The van der Waals surface area contributed by atoms with Gasteiger partial charge in [-0.15, -0.1) is 0 Å². The summed E-state index contributed by atoms with van der Waals surface area (Å²) in [5, 5.41) is 3.56. The van der Waals surface area contributed by atoms with Crippen molar-refractivity contribution in [1.29, 1.82) is 0 Å². The van der Waals surface area contributed by atoms with Crippen molar-refractivity contribution in [2.45, 2.75) is 25.1 Å². The SMILES string of the molecule is O=C(CCc1ccc(Cl)cc1)NCc1ccccc1CS(=O)(=O)N1CCOCC1. The van der Waals surface area contributed by atoms with Gasteiger partial charge in [-0.2, -0.15) is 4.31 Å². The molecule has 1 fully saturated rings. The Labute approximate surface area is 176 Å². The molecule has 156 valence electrons. The molecule has 2 aromatic rings. The Kier molecular flexibility index (Phi) is 7.66. The number of aryl methyl sites for hydroxylation is 1. The zero-order chi connectivity index (χ0) is 20.7. The molecule has 6 nitrogen and oxygen atoms in total. The van der Waals surface area contributed by atoms with Gasteiger partial charge in [0.05, 0.1) is 19.0 Å².